The summed E-state index contributed by atoms with van der Waals surface area (Å²) < 4.78 is 28.9. The van der Waals surface area contributed by atoms with Gasteiger partial charge in [-0.05, 0) is 32.1 Å². The molecule has 7 nitrogen and oxygen atoms in total. The van der Waals surface area contributed by atoms with Crippen LogP contribution in [0.1, 0.15) is 38.4 Å². The first kappa shape index (κ1) is 17.3. The monoisotopic (exact) mass is 360 g/mol. The van der Waals surface area contributed by atoms with Gasteiger partial charge in [0.1, 0.15) is 11.5 Å². The van der Waals surface area contributed by atoms with E-state index in [4.69, 9.17) is 0 Å². The molecule has 1 aliphatic rings. The Morgan fingerprint density at radius 1 is 1.20 bits per heavy atom. The standard InChI is InChI=1S/C17H20N4O3S/c1-13(2)20-12-14(18-19-20)10-15-11-16(22)8-9-21(15)25(23,24)17-6-4-3-5-7-17/h3-7,10,12-13H,8-9,11H2,1-2H3. The zero-order valence-corrected chi connectivity index (χ0v) is 15.0. The van der Waals surface area contributed by atoms with Gasteiger partial charge in [0.2, 0.25) is 0 Å². The topological polar surface area (TPSA) is 85.2 Å². The Morgan fingerprint density at radius 2 is 1.92 bits per heavy atom. The summed E-state index contributed by atoms with van der Waals surface area (Å²) in [7, 11) is -3.71. The highest BCUT2D eigenvalue weighted by Gasteiger charge is 2.31. The molecule has 1 aromatic carbocycles. The van der Waals surface area contributed by atoms with E-state index in [1.807, 2.05) is 13.8 Å². The maximum atomic E-state index is 12.9. The third-order valence-corrected chi connectivity index (χ3v) is 5.86. The minimum absolute atomic E-state index is 0.0158. The minimum atomic E-state index is -3.71. The van der Waals surface area contributed by atoms with Crippen molar-refractivity contribution in [3.8, 4) is 0 Å². The van der Waals surface area contributed by atoms with Crippen LogP contribution >= 0.6 is 0 Å². The number of Topliss-reactive ketones (excluding diaryl/α,β-unsaturated/α-hetero) is 1. The smallest absolute Gasteiger partial charge is 0.264 e. The number of hydrogen-bond donors (Lipinski definition) is 0. The number of carbonyl (C=O) groups excluding carboxylic acids is 1. The third-order valence-electron chi connectivity index (χ3n) is 4.00. The van der Waals surface area contributed by atoms with Crippen molar-refractivity contribution in [1.82, 2.24) is 19.3 Å². The number of hydrogen-bond acceptors (Lipinski definition) is 5. The van der Waals surface area contributed by atoms with Crippen LogP contribution in [-0.4, -0.2) is 40.0 Å². The number of ketones is 1. The fourth-order valence-electron chi connectivity index (χ4n) is 2.65. The molecule has 0 bridgehead atoms. The van der Waals surface area contributed by atoms with E-state index in [2.05, 4.69) is 10.3 Å². The summed E-state index contributed by atoms with van der Waals surface area (Å²) in [5.41, 5.74) is 0.961. The highest BCUT2D eigenvalue weighted by Crippen LogP contribution is 2.27. The van der Waals surface area contributed by atoms with Crippen LogP contribution in [0.4, 0.5) is 0 Å². The molecule has 0 aliphatic carbocycles. The van der Waals surface area contributed by atoms with Crippen LogP contribution in [0.5, 0.6) is 0 Å². The van der Waals surface area contributed by atoms with E-state index in [1.54, 1.807) is 47.3 Å². The van der Waals surface area contributed by atoms with E-state index in [1.165, 1.54) is 4.31 Å². The first-order chi connectivity index (χ1) is 11.9. The molecule has 3 rings (SSSR count). The summed E-state index contributed by atoms with van der Waals surface area (Å²) in [5.74, 6) is 0.0158. The van der Waals surface area contributed by atoms with E-state index in [-0.39, 0.29) is 36.1 Å². The highest BCUT2D eigenvalue weighted by molar-refractivity contribution is 7.89. The fourth-order valence-corrected chi connectivity index (χ4v) is 4.16. The Morgan fingerprint density at radius 3 is 2.56 bits per heavy atom. The lowest BCUT2D eigenvalue weighted by atomic mass is 10.1. The lowest BCUT2D eigenvalue weighted by molar-refractivity contribution is -0.119. The maximum absolute atomic E-state index is 12.9. The van der Waals surface area contributed by atoms with E-state index in [0.717, 1.165) is 0 Å². The fraction of sp³-hybridized carbons (Fsp3) is 0.353. The van der Waals surface area contributed by atoms with E-state index >= 15 is 0 Å². The Balaban J connectivity index is 1.99. The SMILES string of the molecule is CC(C)n1cc(C=C2CC(=O)CCN2S(=O)(=O)c2ccccc2)nn1. The number of rotatable bonds is 4. The number of nitrogens with zero attached hydrogens (tertiary/aromatic N) is 4. The second kappa shape index (κ2) is 6.79. The molecule has 25 heavy (non-hydrogen) atoms. The van der Waals surface area contributed by atoms with Crippen molar-refractivity contribution < 1.29 is 13.2 Å². The molecule has 1 fully saturated rings. The Labute approximate surface area is 147 Å². The number of benzene rings is 1. The largest absolute Gasteiger partial charge is 0.299 e. The molecular formula is C17H20N4O3S. The zero-order chi connectivity index (χ0) is 18.0. The van der Waals surface area contributed by atoms with Crippen LogP contribution in [0.2, 0.25) is 0 Å². The second-order valence-corrected chi connectivity index (χ2v) is 8.07. The third kappa shape index (κ3) is 3.63. The molecule has 1 saturated heterocycles. The van der Waals surface area contributed by atoms with Crippen LogP contribution < -0.4 is 0 Å². The van der Waals surface area contributed by atoms with Crippen LogP contribution in [0.25, 0.3) is 6.08 Å². The van der Waals surface area contributed by atoms with Gasteiger partial charge in [-0.25, -0.2) is 13.1 Å². The molecule has 8 heteroatoms. The quantitative estimate of drug-likeness (QED) is 0.835. The Bertz CT molecular complexity index is 901. The molecule has 1 aromatic heterocycles. The van der Waals surface area contributed by atoms with Gasteiger partial charge >= 0.3 is 0 Å². The maximum Gasteiger partial charge on any atom is 0.264 e. The van der Waals surface area contributed by atoms with Crippen molar-refractivity contribution in [1.29, 1.82) is 0 Å². The number of piperidine rings is 1. The molecule has 0 unspecified atom stereocenters. The summed E-state index contributed by atoms with van der Waals surface area (Å²) >= 11 is 0. The number of allylic oxidation sites excluding steroid dienone is 1. The van der Waals surface area contributed by atoms with Gasteiger partial charge in [-0.3, -0.25) is 9.10 Å². The minimum Gasteiger partial charge on any atom is -0.299 e. The lowest BCUT2D eigenvalue weighted by Crippen LogP contribution is -2.37. The van der Waals surface area contributed by atoms with E-state index in [9.17, 15) is 13.2 Å². The van der Waals surface area contributed by atoms with Gasteiger partial charge in [0.05, 0.1) is 11.1 Å². The molecule has 132 valence electrons. The van der Waals surface area contributed by atoms with Crippen LogP contribution in [0, 0.1) is 0 Å². The van der Waals surface area contributed by atoms with E-state index in [0.29, 0.717) is 11.4 Å². The highest BCUT2D eigenvalue weighted by atomic mass is 32.2. The summed E-state index contributed by atoms with van der Waals surface area (Å²) in [4.78, 5) is 12.1. The van der Waals surface area contributed by atoms with Crippen molar-refractivity contribution in [3.63, 3.8) is 0 Å². The van der Waals surface area contributed by atoms with Gasteiger partial charge in [0, 0.05) is 31.1 Å². The molecule has 0 spiro atoms. The summed E-state index contributed by atoms with van der Waals surface area (Å²) in [6.07, 6.45) is 3.65. The molecule has 0 saturated carbocycles. The molecule has 1 aliphatic heterocycles. The van der Waals surface area contributed by atoms with Gasteiger partial charge in [-0.2, -0.15) is 0 Å². The van der Waals surface area contributed by atoms with E-state index < -0.39 is 10.0 Å². The molecule has 0 amide bonds. The van der Waals surface area contributed by atoms with Gasteiger partial charge < -0.3 is 0 Å². The predicted molar refractivity (Wildman–Crippen MR) is 93.0 cm³/mol. The zero-order valence-electron chi connectivity index (χ0n) is 14.2. The molecule has 0 atom stereocenters. The van der Waals surface area contributed by atoms with Crippen LogP contribution in [0.3, 0.4) is 0 Å². The van der Waals surface area contributed by atoms with Crippen molar-refractivity contribution in [2.45, 2.75) is 37.6 Å². The first-order valence-electron chi connectivity index (χ1n) is 8.10. The van der Waals surface area contributed by atoms with Gasteiger partial charge in [-0.15, -0.1) is 5.10 Å². The number of aromatic nitrogens is 3. The summed E-state index contributed by atoms with van der Waals surface area (Å²) in [5, 5.41) is 8.06. The second-order valence-electron chi connectivity index (χ2n) is 6.21. The average molecular weight is 360 g/mol. The molecule has 2 aromatic rings. The molecule has 0 radical (unpaired) electrons. The van der Waals surface area contributed by atoms with Gasteiger partial charge in [0.25, 0.3) is 10.0 Å². The molecule has 0 N–H and O–H groups in total. The van der Waals surface area contributed by atoms with Gasteiger partial charge in [0.15, 0.2) is 0 Å². The van der Waals surface area contributed by atoms with Gasteiger partial charge in [-0.1, -0.05) is 23.4 Å². The Hall–Kier alpha value is -2.48. The molecule has 2 heterocycles. The number of carbonyl (C=O) groups is 1. The predicted octanol–water partition coefficient (Wildman–Crippen LogP) is 2.25. The molecular weight excluding hydrogens is 340 g/mol. The summed E-state index contributed by atoms with van der Waals surface area (Å²) in [6, 6.07) is 8.38. The van der Waals surface area contributed by atoms with Crippen LogP contribution in [-0.2, 0) is 14.8 Å². The first-order valence-corrected chi connectivity index (χ1v) is 9.54. The number of sulfonamides is 1. The van der Waals surface area contributed by atoms with Crippen molar-refractivity contribution in [3.05, 3.63) is 47.9 Å². The summed E-state index contributed by atoms with van der Waals surface area (Å²) in [6.45, 7) is 4.09. The van der Waals surface area contributed by atoms with Crippen LogP contribution in [0.15, 0.2) is 47.1 Å². The van der Waals surface area contributed by atoms with Crippen molar-refractivity contribution in [2.24, 2.45) is 0 Å². The van der Waals surface area contributed by atoms with Crippen molar-refractivity contribution in [2.75, 3.05) is 6.54 Å². The average Bonchev–Trinajstić information content (AvgIpc) is 3.04. The Kier molecular flexibility index (Phi) is 4.71. The normalized spacial score (nSPS) is 17.5. The van der Waals surface area contributed by atoms with Crippen molar-refractivity contribution >= 4 is 21.9 Å². The lowest BCUT2D eigenvalue weighted by Gasteiger charge is -2.30.